The molecule has 1 amide bonds. The van der Waals surface area contributed by atoms with Crippen LogP contribution in [0.25, 0.3) is 0 Å². The Bertz CT molecular complexity index is 418. The van der Waals surface area contributed by atoms with Crippen LogP contribution in [-0.2, 0) is 4.79 Å². The van der Waals surface area contributed by atoms with Gasteiger partial charge in [-0.1, -0.05) is 26.0 Å². The van der Waals surface area contributed by atoms with Crippen LogP contribution >= 0.6 is 0 Å². The minimum Gasteiger partial charge on any atom is -0.497 e. The van der Waals surface area contributed by atoms with Crippen LogP contribution < -0.4 is 15.8 Å². The first kappa shape index (κ1) is 15.5. The van der Waals surface area contributed by atoms with E-state index in [0.717, 1.165) is 11.3 Å². The molecule has 19 heavy (non-hydrogen) atoms. The van der Waals surface area contributed by atoms with Gasteiger partial charge in [0.2, 0.25) is 5.91 Å². The van der Waals surface area contributed by atoms with Crippen molar-refractivity contribution in [3.63, 3.8) is 0 Å². The molecule has 0 heterocycles. The van der Waals surface area contributed by atoms with Gasteiger partial charge in [0.15, 0.2) is 0 Å². The molecule has 2 atom stereocenters. The largest absolute Gasteiger partial charge is 0.497 e. The van der Waals surface area contributed by atoms with Crippen molar-refractivity contribution in [3.05, 3.63) is 29.8 Å². The monoisotopic (exact) mass is 264 g/mol. The van der Waals surface area contributed by atoms with Gasteiger partial charge in [-0.15, -0.1) is 0 Å². The van der Waals surface area contributed by atoms with Crippen LogP contribution in [0, 0.1) is 5.92 Å². The zero-order valence-electron chi connectivity index (χ0n) is 12.1. The maximum Gasteiger partial charge on any atom is 0.237 e. The number of nitrogens with two attached hydrogens (primary N) is 1. The van der Waals surface area contributed by atoms with Gasteiger partial charge in [-0.05, 0) is 37.0 Å². The van der Waals surface area contributed by atoms with Crippen LogP contribution in [0.15, 0.2) is 24.3 Å². The normalized spacial score (nSPS) is 14.0. The van der Waals surface area contributed by atoms with E-state index >= 15 is 0 Å². The fourth-order valence-electron chi connectivity index (χ4n) is 1.93. The third-order valence-electron chi connectivity index (χ3n) is 3.01. The Labute approximate surface area is 115 Å². The highest BCUT2D eigenvalue weighted by Crippen LogP contribution is 2.18. The summed E-state index contributed by atoms with van der Waals surface area (Å²) in [5.41, 5.74) is 6.87. The van der Waals surface area contributed by atoms with Crippen molar-refractivity contribution in [3.8, 4) is 5.75 Å². The van der Waals surface area contributed by atoms with Crippen molar-refractivity contribution in [1.82, 2.24) is 5.32 Å². The molecule has 1 rings (SSSR count). The zero-order valence-corrected chi connectivity index (χ0v) is 12.1. The van der Waals surface area contributed by atoms with E-state index in [1.165, 1.54) is 0 Å². The van der Waals surface area contributed by atoms with E-state index in [0.29, 0.717) is 12.3 Å². The van der Waals surface area contributed by atoms with Gasteiger partial charge in [-0.2, -0.15) is 0 Å². The van der Waals surface area contributed by atoms with Crippen molar-refractivity contribution in [2.75, 3.05) is 7.11 Å². The van der Waals surface area contributed by atoms with Crippen molar-refractivity contribution < 1.29 is 9.53 Å². The number of methoxy groups -OCH3 is 1. The fourth-order valence-corrected chi connectivity index (χ4v) is 1.93. The molecule has 1 unspecified atom stereocenters. The number of ether oxygens (including phenoxy) is 1. The van der Waals surface area contributed by atoms with E-state index in [9.17, 15) is 4.79 Å². The highest BCUT2D eigenvalue weighted by Gasteiger charge is 2.17. The highest BCUT2D eigenvalue weighted by atomic mass is 16.5. The number of rotatable bonds is 6. The minimum absolute atomic E-state index is 0.0826. The lowest BCUT2D eigenvalue weighted by Gasteiger charge is -2.19. The second-order valence-corrected chi connectivity index (χ2v) is 5.24. The van der Waals surface area contributed by atoms with Gasteiger partial charge in [-0.25, -0.2) is 0 Å². The maximum absolute atomic E-state index is 11.9. The Morgan fingerprint density at radius 1 is 1.37 bits per heavy atom. The quantitative estimate of drug-likeness (QED) is 0.828. The molecule has 106 valence electrons. The average Bonchev–Trinajstić information content (AvgIpc) is 2.37. The van der Waals surface area contributed by atoms with Crippen molar-refractivity contribution in [1.29, 1.82) is 0 Å². The van der Waals surface area contributed by atoms with Gasteiger partial charge in [0.1, 0.15) is 5.75 Å². The molecule has 0 saturated carbocycles. The zero-order chi connectivity index (χ0) is 14.4. The van der Waals surface area contributed by atoms with Gasteiger partial charge in [0.25, 0.3) is 0 Å². The summed E-state index contributed by atoms with van der Waals surface area (Å²) in [5, 5.41) is 2.93. The molecular weight excluding hydrogens is 240 g/mol. The molecule has 0 saturated heterocycles. The molecule has 0 aliphatic carbocycles. The summed E-state index contributed by atoms with van der Waals surface area (Å²) in [5.74, 6) is 1.09. The fraction of sp³-hybridized carbons (Fsp3) is 0.533. The Morgan fingerprint density at radius 2 is 2.05 bits per heavy atom. The molecule has 0 aliphatic rings. The second-order valence-electron chi connectivity index (χ2n) is 5.24. The summed E-state index contributed by atoms with van der Waals surface area (Å²) >= 11 is 0. The lowest BCUT2D eigenvalue weighted by atomic mass is 10.0. The average molecular weight is 264 g/mol. The molecule has 0 aliphatic heterocycles. The summed E-state index contributed by atoms with van der Waals surface area (Å²) in [6.45, 7) is 6.05. The molecule has 0 radical (unpaired) electrons. The van der Waals surface area contributed by atoms with Crippen LogP contribution in [0.5, 0.6) is 5.75 Å². The van der Waals surface area contributed by atoms with E-state index in [1.807, 2.05) is 31.2 Å². The van der Waals surface area contributed by atoms with E-state index in [1.54, 1.807) is 7.11 Å². The van der Waals surface area contributed by atoms with Gasteiger partial charge in [-0.3, -0.25) is 4.79 Å². The first-order valence-corrected chi connectivity index (χ1v) is 6.64. The molecule has 0 fully saturated rings. The summed E-state index contributed by atoms with van der Waals surface area (Å²) in [7, 11) is 1.63. The maximum atomic E-state index is 11.9. The second kappa shape index (κ2) is 7.14. The van der Waals surface area contributed by atoms with Crippen molar-refractivity contribution in [2.45, 2.75) is 39.3 Å². The van der Waals surface area contributed by atoms with Crippen molar-refractivity contribution >= 4 is 5.91 Å². The Kier molecular flexibility index (Phi) is 5.83. The van der Waals surface area contributed by atoms with Crippen LogP contribution in [0.4, 0.5) is 0 Å². The first-order valence-electron chi connectivity index (χ1n) is 6.64. The molecular formula is C15H24N2O2. The number of carbonyl (C=O) groups is 1. The van der Waals surface area contributed by atoms with Gasteiger partial charge in [0, 0.05) is 0 Å². The van der Waals surface area contributed by atoms with Crippen LogP contribution in [0.1, 0.15) is 38.8 Å². The third kappa shape index (κ3) is 4.91. The molecule has 1 aromatic carbocycles. The van der Waals surface area contributed by atoms with Crippen molar-refractivity contribution in [2.24, 2.45) is 11.7 Å². The number of amides is 1. The predicted octanol–water partition coefficient (Wildman–Crippen LogP) is 2.25. The lowest BCUT2D eigenvalue weighted by Crippen LogP contribution is -2.42. The number of hydrogen-bond donors (Lipinski definition) is 2. The summed E-state index contributed by atoms with van der Waals surface area (Å²) < 4.78 is 5.17. The van der Waals surface area contributed by atoms with Gasteiger partial charge < -0.3 is 15.8 Å². The summed E-state index contributed by atoms with van der Waals surface area (Å²) in [4.78, 5) is 11.9. The molecule has 4 heteroatoms. The van der Waals surface area contributed by atoms with Gasteiger partial charge in [0.05, 0.1) is 19.2 Å². The van der Waals surface area contributed by atoms with E-state index < -0.39 is 6.04 Å². The number of carbonyl (C=O) groups excluding carboxylic acids is 1. The molecule has 1 aromatic rings. The van der Waals surface area contributed by atoms with E-state index in [-0.39, 0.29) is 11.9 Å². The van der Waals surface area contributed by atoms with Gasteiger partial charge >= 0.3 is 0 Å². The molecule has 0 bridgehead atoms. The van der Waals surface area contributed by atoms with Crippen LogP contribution in [0.2, 0.25) is 0 Å². The number of hydrogen-bond acceptors (Lipinski definition) is 3. The summed E-state index contributed by atoms with van der Waals surface area (Å²) in [6, 6.07) is 7.13. The molecule has 0 spiro atoms. The summed E-state index contributed by atoms with van der Waals surface area (Å²) in [6.07, 6.45) is 0.691. The smallest absolute Gasteiger partial charge is 0.237 e. The highest BCUT2D eigenvalue weighted by molar-refractivity contribution is 5.81. The molecule has 4 nitrogen and oxygen atoms in total. The standard InChI is InChI=1S/C15H24N2O2/c1-10(2)8-14(16)15(18)17-11(3)12-6-5-7-13(9-12)19-4/h5-7,9-11,14H,8,16H2,1-4H3,(H,17,18)/t11-,14?/m0/s1. The van der Waals surface area contributed by atoms with E-state index in [4.69, 9.17) is 10.5 Å². The van der Waals surface area contributed by atoms with Crippen LogP contribution in [-0.4, -0.2) is 19.1 Å². The van der Waals surface area contributed by atoms with E-state index in [2.05, 4.69) is 19.2 Å². The Hall–Kier alpha value is -1.55. The molecule has 3 N–H and O–H groups in total. The van der Waals surface area contributed by atoms with Crippen LogP contribution in [0.3, 0.4) is 0 Å². The third-order valence-corrected chi connectivity index (χ3v) is 3.01. The SMILES string of the molecule is COc1cccc([C@H](C)NC(=O)C(N)CC(C)C)c1. The predicted molar refractivity (Wildman–Crippen MR) is 77.0 cm³/mol. The number of nitrogens with one attached hydrogen (secondary N) is 1. The number of benzene rings is 1. The first-order chi connectivity index (χ1) is 8.93. The Balaban J connectivity index is 2.63. The lowest BCUT2D eigenvalue weighted by molar-refractivity contribution is -0.123. The Morgan fingerprint density at radius 3 is 2.63 bits per heavy atom. The molecule has 0 aromatic heterocycles. The minimum atomic E-state index is -0.451. The topological polar surface area (TPSA) is 64.3 Å².